The number of hydrogen-bond donors (Lipinski definition) is 0. The predicted molar refractivity (Wildman–Crippen MR) is 126 cm³/mol. The molecule has 0 aliphatic heterocycles. The molecule has 0 bridgehead atoms. The molecule has 0 fully saturated rings. The smallest absolute Gasteiger partial charge is 0.340 e. The van der Waals surface area contributed by atoms with Crippen molar-refractivity contribution in [2.75, 3.05) is 7.11 Å². The highest BCUT2D eigenvalue weighted by molar-refractivity contribution is 5.55. The topological polar surface area (TPSA) is 53.1 Å². The van der Waals surface area contributed by atoms with Crippen LogP contribution in [0.25, 0.3) is 22.8 Å². The van der Waals surface area contributed by atoms with Gasteiger partial charge in [0.15, 0.2) is 5.69 Å². The summed E-state index contributed by atoms with van der Waals surface area (Å²) in [5.74, 6) is 2.20. The molecule has 0 N–H and O–H groups in total. The lowest BCUT2D eigenvalue weighted by atomic mass is 10.2. The molecule has 4 aromatic carbocycles. The summed E-state index contributed by atoms with van der Waals surface area (Å²) in [5, 5.41) is 9.58. The Morgan fingerprint density at radius 3 is 2.03 bits per heavy atom. The van der Waals surface area contributed by atoms with Gasteiger partial charge in [-0.1, -0.05) is 48.5 Å². The van der Waals surface area contributed by atoms with Gasteiger partial charge < -0.3 is 9.47 Å². The molecular weight excluding hydrogens is 412 g/mol. The van der Waals surface area contributed by atoms with Crippen LogP contribution in [0.5, 0.6) is 11.5 Å². The zero-order valence-electron chi connectivity index (χ0n) is 18.2. The van der Waals surface area contributed by atoms with Gasteiger partial charge in [-0.25, -0.2) is 0 Å². The molecular formula is C27H23N4O2+. The number of benzene rings is 4. The molecule has 5 rings (SSSR count). The summed E-state index contributed by atoms with van der Waals surface area (Å²) in [6.45, 7) is 0.526. The lowest BCUT2D eigenvalue weighted by Crippen LogP contribution is -2.43. The molecule has 6 heteroatoms. The highest BCUT2D eigenvalue weighted by Gasteiger charge is 2.23. The van der Waals surface area contributed by atoms with Gasteiger partial charge in [-0.05, 0) is 76.1 Å². The van der Waals surface area contributed by atoms with E-state index in [-0.39, 0.29) is 0 Å². The molecule has 5 aromatic rings. The van der Waals surface area contributed by atoms with E-state index in [4.69, 9.17) is 19.7 Å². The Balaban J connectivity index is 1.45. The Labute approximate surface area is 192 Å². The Kier molecular flexibility index (Phi) is 5.80. The fraction of sp³-hybridized carbons (Fsp3) is 0.0741. The van der Waals surface area contributed by atoms with Gasteiger partial charge in [-0.15, -0.1) is 0 Å². The monoisotopic (exact) mass is 435 g/mol. The SMILES string of the molecule is COc1ccc(-[n+]2nc(-c3ccc(OCc4ccccc4)cc3)nn2-c2ccccc2)cc1. The molecule has 6 nitrogen and oxygen atoms in total. The van der Waals surface area contributed by atoms with Crippen LogP contribution in [0.2, 0.25) is 0 Å². The second-order valence-electron chi connectivity index (χ2n) is 7.43. The maximum atomic E-state index is 5.91. The number of rotatable bonds is 7. The molecule has 33 heavy (non-hydrogen) atoms. The minimum Gasteiger partial charge on any atom is -0.497 e. The van der Waals surface area contributed by atoms with Crippen molar-refractivity contribution in [1.82, 2.24) is 15.0 Å². The average molecular weight is 436 g/mol. The zero-order valence-corrected chi connectivity index (χ0v) is 18.2. The second-order valence-corrected chi connectivity index (χ2v) is 7.43. The van der Waals surface area contributed by atoms with E-state index in [1.54, 1.807) is 16.7 Å². The van der Waals surface area contributed by atoms with Crippen LogP contribution in [-0.4, -0.2) is 22.1 Å². The van der Waals surface area contributed by atoms with E-state index in [2.05, 4.69) is 0 Å². The quantitative estimate of drug-likeness (QED) is 0.345. The largest absolute Gasteiger partial charge is 0.497 e. The fourth-order valence-electron chi connectivity index (χ4n) is 3.45. The molecule has 0 saturated carbocycles. The van der Waals surface area contributed by atoms with Gasteiger partial charge in [0, 0.05) is 4.80 Å². The van der Waals surface area contributed by atoms with Crippen molar-refractivity contribution >= 4 is 0 Å². The molecule has 0 aliphatic carbocycles. The van der Waals surface area contributed by atoms with Gasteiger partial charge in [-0.2, -0.15) is 0 Å². The minimum atomic E-state index is 0.526. The zero-order chi connectivity index (χ0) is 22.5. The Bertz CT molecular complexity index is 1320. The third-order valence-electron chi connectivity index (χ3n) is 5.21. The van der Waals surface area contributed by atoms with Crippen molar-refractivity contribution in [1.29, 1.82) is 0 Å². The normalized spacial score (nSPS) is 10.7. The highest BCUT2D eigenvalue weighted by atomic mass is 16.5. The Morgan fingerprint density at radius 1 is 0.727 bits per heavy atom. The first kappa shape index (κ1) is 20.5. The van der Waals surface area contributed by atoms with Crippen LogP contribution in [0.4, 0.5) is 0 Å². The van der Waals surface area contributed by atoms with Gasteiger partial charge in [0.1, 0.15) is 23.8 Å². The number of ether oxygens (including phenoxy) is 2. The van der Waals surface area contributed by atoms with E-state index in [0.717, 1.165) is 34.0 Å². The average Bonchev–Trinajstić information content (AvgIpc) is 3.34. The standard InChI is InChI=1S/C27H23N4O2/c1-32-25-18-14-24(15-19-25)31-29-27(28-30(31)23-10-6-3-7-11-23)22-12-16-26(17-13-22)33-20-21-8-4-2-5-9-21/h2-19H,20H2,1H3/q+1. The third kappa shape index (κ3) is 4.60. The predicted octanol–water partition coefficient (Wildman–Crippen LogP) is 4.80. The van der Waals surface area contributed by atoms with Crippen molar-refractivity contribution in [2.45, 2.75) is 6.61 Å². The fourth-order valence-corrected chi connectivity index (χ4v) is 3.45. The highest BCUT2D eigenvalue weighted by Crippen LogP contribution is 2.21. The molecule has 0 aliphatic rings. The molecule has 0 atom stereocenters. The summed E-state index contributed by atoms with van der Waals surface area (Å²) in [5.41, 5.74) is 3.82. The number of aromatic nitrogens is 4. The van der Waals surface area contributed by atoms with E-state index < -0.39 is 0 Å². The van der Waals surface area contributed by atoms with E-state index in [0.29, 0.717) is 12.4 Å². The van der Waals surface area contributed by atoms with Crippen LogP contribution in [0.15, 0.2) is 109 Å². The van der Waals surface area contributed by atoms with Crippen LogP contribution in [0, 0.1) is 0 Å². The molecule has 0 saturated heterocycles. The molecule has 0 radical (unpaired) electrons. The number of tetrazole rings is 1. The molecule has 0 amide bonds. The lowest BCUT2D eigenvalue weighted by molar-refractivity contribution is -0.734. The third-order valence-corrected chi connectivity index (χ3v) is 5.21. The van der Waals surface area contributed by atoms with Crippen molar-refractivity contribution in [2.24, 2.45) is 0 Å². The number of para-hydroxylation sites is 1. The van der Waals surface area contributed by atoms with E-state index in [9.17, 15) is 0 Å². The summed E-state index contributed by atoms with van der Waals surface area (Å²) >= 11 is 0. The van der Waals surface area contributed by atoms with Crippen LogP contribution in [0.1, 0.15) is 5.56 Å². The minimum absolute atomic E-state index is 0.526. The Hall–Kier alpha value is -4.45. The van der Waals surface area contributed by atoms with E-state index >= 15 is 0 Å². The summed E-state index contributed by atoms with van der Waals surface area (Å²) in [7, 11) is 1.65. The maximum Gasteiger partial charge on any atom is 0.340 e. The van der Waals surface area contributed by atoms with Gasteiger partial charge in [-0.3, -0.25) is 0 Å². The first-order valence-electron chi connectivity index (χ1n) is 10.7. The van der Waals surface area contributed by atoms with Gasteiger partial charge in [0.05, 0.1) is 17.8 Å². The summed E-state index contributed by atoms with van der Waals surface area (Å²) < 4.78 is 11.2. The Morgan fingerprint density at radius 2 is 1.36 bits per heavy atom. The van der Waals surface area contributed by atoms with Crippen molar-refractivity contribution in [3.63, 3.8) is 0 Å². The first-order chi connectivity index (χ1) is 16.3. The van der Waals surface area contributed by atoms with E-state index in [1.165, 1.54) is 0 Å². The maximum absolute atomic E-state index is 5.91. The summed E-state index contributed by atoms with van der Waals surface area (Å²) in [6, 6.07) is 35.6. The molecule has 0 spiro atoms. The van der Waals surface area contributed by atoms with Crippen LogP contribution in [0.3, 0.4) is 0 Å². The first-order valence-corrected chi connectivity index (χ1v) is 10.7. The molecule has 1 heterocycles. The number of methoxy groups -OCH3 is 1. The van der Waals surface area contributed by atoms with Crippen LogP contribution in [-0.2, 0) is 6.61 Å². The molecule has 0 unspecified atom stereocenters. The summed E-state index contributed by atoms with van der Waals surface area (Å²) in [6.07, 6.45) is 0. The number of nitrogens with zero attached hydrogens (tertiary/aromatic N) is 4. The van der Waals surface area contributed by atoms with Crippen molar-refractivity contribution in [3.05, 3.63) is 115 Å². The lowest BCUT2D eigenvalue weighted by Gasteiger charge is -2.05. The van der Waals surface area contributed by atoms with Crippen molar-refractivity contribution < 1.29 is 14.3 Å². The van der Waals surface area contributed by atoms with Crippen LogP contribution < -0.4 is 14.3 Å². The number of hydrogen-bond acceptors (Lipinski definition) is 4. The van der Waals surface area contributed by atoms with E-state index in [1.807, 2.05) is 109 Å². The van der Waals surface area contributed by atoms with Gasteiger partial charge >= 0.3 is 5.82 Å². The van der Waals surface area contributed by atoms with Crippen LogP contribution >= 0.6 is 0 Å². The molecule has 1 aromatic heterocycles. The summed E-state index contributed by atoms with van der Waals surface area (Å²) in [4.78, 5) is 3.57. The van der Waals surface area contributed by atoms with Gasteiger partial charge in [0.2, 0.25) is 0 Å². The molecule has 162 valence electrons. The van der Waals surface area contributed by atoms with Crippen molar-refractivity contribution in [3.8, 4) is 34.3 Å². The van der Waals surface area contributed by atoms with Gasteiger partial charge in [0.25, 0.3) is 0 Å². The second kappa shape index (κ2) is 9.36.